The summed E-state index contributed by atoms with van der Waals surface area (Å²) in [5, 5.41) is 7.41. The average molecular weight is 311 g/mol. The molecule has 0 fully saturated rings. The van der Waals surface area contributed by atoms with E-state index in [2.05, 4.69) is 10.2 Å². The number of aromatic amines is 1. The predicted octanol–water partition coefficient (Wildman–Crippen LogP) is 3.99. The molecule has 0 amide bonds. The lowest BCUT2D eigenvalue weighted by Gasteiger charge is -2.05. The Morgan fingerprint density at radius 2 is 1.73 bits per heavy atom. The predicted molar refractivity (Wildman–Crippen MR) is 89.3 cm³/mol. The minimum absolute atomic E-state index is 0.161. The summed E-state index contributed by atoms with van der Waals surface area (Å²) in [5.41, 5.74) is 4.51. The summed E-state index contributed by atoms with van der Waals surface area (Å²) < 4.78 is 0. The number of nitrogens with zero attached hydrogens (tertiary/aromatic N) is 1. The first-order valence-corrected chi connectivity index (χ1v) is 7.40. The van der Waals surface area contributed by atoms with Gasteiger partial charge in [0.15, 0.2) is 0 Å². The van der Waals surface area contributed by atoms with Crippen LogP contribution in [0.4, 0.5) is 0 Å². The molecule has 2 aromatic carbocycles. The second kappa shape index (κ2) is 6.16. The van der Waals surface area contributed by atoms with E-state index in [9.17, 15) is 4.79 Å². The molecule has 0 saturated carbocycles. The molecule has 3 nitrogen and oxygen atoms in total. The van der Waals surface area contributed by atoms with Gasteiger partial charge in [0, 0.05) is 22.6 Å². The third kappa shape index (κ3) is 3.26. The van der Waals surface area contributed by atoms with Crippen molar-refractivity contribution in [2.75, 3.05) is 0 Å². The van der Waals surface area contributed by atoms with Crippen molar-refractivity contribution in [3.8, 4) is 11.3 Å². The first-order valence-electron chi connectivity index (χ1n) is 7.02. The summed E-state index contributed by atoms with van der Waals surface area (Å²) >= 11 is 5.89. The van der Waals surface area contributed by atoms with Crippen LogP contribution in [0.2, 0.25) is 5.02 Å². The molecule has 22 heavy (non-hydrogen) atoms. The van der Waals surface area contributed by atoms with Crippen molar-refractivity contribution in [3.05, 3.63) is 86.7 Å². The molecule has 1 N–H and O–H groups in total. The van der Waals surface area contributed by atoms with Gasteiger partial charge in [0.05, 0.1) is 5.69 Å². The van der Waals surface area contributed by atoms with Crippen molar-refractivity contribution in [2.24, 2.45) is 0 Å². The van der Waals surface area contributed by atoms with Gasteiger partial charge in [-0.15, -0.1) is 0 Å². The van der Waals surface area contributed by atoms with Crippen LogP contribution < -0.4 is 5.56 Å². The molecule has 0 bridgehead atoms. The fraction of sp³-hybridized carbons (Fsp3) is 0.111. The Labute approximate surface area is 133 Å². The average Bonchev–Trinajstić information content (AvgIpc) is 2.52. The van der Waals surface area contributed by atoms with Crippen LogP contribution in [0.15, 0.2) is 59.4 Å². The van der Waals surface area contributed by atoms with E-state index in [1.54, 1.807) is 0 Å². The lowest BCUT2D eigenvalue weighted by molar-refractivity contribution is 0.955. The quantitative estimate of drug-likeness (QED) is 0.795. The summed E-state index contributed by atoms with van der Waals surface area (Å²) in [6.07, 6.45) is 0.549. The molecule has 110 valence electrons. The third-order valence-electron chi connectivity index (χ3n) is 3.54. The summed E-state index contributed by atoms with van der Waals surface area (Å²) in [7, 11) is 0. The fourth-order valence-electron chi connectivity index (χ4n) is 2.27. The Balaban J connectivity index is 1.94. The second-order valence-electron chi connectivity index (χ2n) is 5.28. The summed E-state index contributed by atoms with van der Waals surface area (Å²) in [6.45, 7) is 2.04. The monoisotopic (exact) mass is 310 g/mol. The van der Waals surface area contributed by atoms with Crippen LogP contribution in [0.25, 0.3) is 11.3 Å². The molecule has 0 radical (unpaired) electrons. The summed E-state index contributed by atoms with van der Waals surface area (Å²) in [5.74, 6) is 0. The van der Waals surface area contributed by atoms with Gasteiger partial charge in [-0.1, -0.05) is 53.6 Å². The van der Waals surface area contributed by atoms with Crippen molar-refractivity contribution in [3.63, 3.8) is 0 Å². The van der Waals surface area contributed by atoms with Crippen molar-refractivity contribution in [2.45, 2.75) is 13.3 Å². The van der Waals surface area contributed by atoms with E-state index < -0.39 is 0 Å². The van der Waals surface area contributed by atoms with Crippen LogP contribution in [-0.2, 0) is 6.42 Å². The largest absolute Gasteiger partial charge is 0.268 e. The van der Waals surface area contributed by atoms with E-state index >= 15 is 0 Å². The van der Waals surface area contributed by atoms with Crippen molar-refractivity contribution < 1.29 is 0 Å². The van der Waals surface area contributed by atoms with Crippen LogP contribution in [0.5, 0.6) is 0 Å². The van der Waals surface area contributed by atoms with E-state index in [4.69, 9.17) is 11.6 Å². The number of hydrogen-bond acceptors (Lipinski definition) is 2. The third-order valence-corrected chi connectivity index (χ3v) is 3.79. The maximum absolute atomic E-state index is 12.0. The molecule has 4 heteroatoms. The highest BCUT2D eigenvalue weighted by molar-refractivity contribution is 6.30. The zero-order valence-corrected chi connectivity index (χ0v) is 12.9. The van der Waals surface area contributed by atoms with E-state index in [1.807, 2.05) is 61.5 Å². The van der Waals surface area contributed by atoms with Gasteiger partial charge in [-0.3, -0.25) is 4.79 Å². The highest BCUT2D eigenvalue weighted by Crippen LogP contribution is 2.18. The number of nitrogens with one attached hydrogen (secondary N) is 1. The van der Waals surface area contributed by atoms with Gasteiger partial charge in [-0.25, -0.2) is 5.10 Å². The van der Waals surface area contributed by atoms with Gasteiger partial charge >= 0.3 is 0 Å². The zero-order valence-electron chi connectivity index (χ0n) is 12.1. The number of benzene rings is 2. The highest BCUT2D eigenvalue weighted by atomic mass is 35.5. The fourth-order valence-corrected chi connectivity index (χ4v) is 2.40. The Hall–Kier alpha value is -2.39. The molecule has 1 aromatic heterocycles. The number of hydrogen-bond donors (Lipinski definition) is 1. The van der Waals surface area contributed by atoms with E-state index in [-0.39, 0.29) is 5.56 Å². The van der Waals surface area contributed by atoms with Gasteiger partial charge in [0.1, 0.15) is 0 Å². The maximum atomic E-state index is 12.0. The van der Waals surface area contributed by atoms with E-state index in [0.29, 0.717) is 17.0 Å². The first kappa shape index (κ1) is 14.5. The normalized spacial score (nSPS) is 10.6. The molecule has 1 heterocycles. The van der Waals surface area contributed by atoms with E-state index in [1.165, 1.54) is 5.56 Å². The number of rotatable bonds is 3. The zero-order chi connectivity index (χ0) is 15.5. The molecule has 0 aliphatic carbocycles. The molecule has 0 unspecified atom stereocenters. The molecule has 0 atom stereocenters. The number of H-pyrrole nitrogens is 1. The Morgan fingerprint density at radius 1 is 1.05 bits per heavy atom. The van der Waals surface area contributed by atoms with Crippen LogP contribution in [0.3, 0.4) is 0 Å². The molecule has 0 aliphatic heterocycles. The number of halogens is 1. The smallest absolute Gasteiger partial charge is 0.267 e. The first-order chi connectivity index (χ1) is 10.6. The minimum Gasteiger partial charge on any atom is -0.268 e. The lowest BCUT2D eigenvalue weighted by Crippen LogP contribution is -2.14. The topological polar surface area (TPSA) is 45.8 Å². The summed E-state index contributed by atoms with van der Waals surface area (Å²) in [4.78, 5) is 12.0. The van der Waals surface area contributed by atoms with Crippen LogP contribution >= 0.6 is 11.6 Å². The lowest BCUT2D eigenvalue weighted by atomic mass is 10.0. The Bertz CT molecular complexity index is 836. The van der Waals surface area contributed by atoms with Gasteiger partial charge in [0.25, 0.3) is 5.56 Å². The van der Waals surface area contributed by atoms with Crippen LogP contribution in [0.1, 0.15) is 16.7 Å². The van der Waals surface area contributed by atoms with Crippen molar-refractivity contribution in [1.82, 2.24) is 10.2 Å². The maximum Gasteiger partial charge on any atom is 0.267 e. The van der Waals surface area contributed by atoms with Crippen LogP contribution in [0, 0.1) is 6.92 Å². The van der Waals surface area contributed by atoms with Crippen LogP contribution in [-0.4, -0.2) is 10.2 Å². The van der Waals surface area contributed by atoms with Gasteiger partial charge in [0.2, 0.25) is 0 Å². The molecule has 0 saturated heterocycles. The number of aromatic nitrogens is 2. The SMILES string of the molecule is Cc1ccc(-c2cc(Cc3ccc(Cl)cc3)c(=O)[nH]n2)cc1. The van der Waals surface area contributed by atoms with Gasteiger partial charge < -0.3 is 0 Å². The van der Waals surface area contributed by atoms with Crippen molar-refractivity contribution in [1.29, 1.82) is 0 Å². The molecule has 3 aromatic rings. The second-order valence-corrected chi connectivity index (χ2v) is 5.71. The molecular weight excluding hydrogens is 296 g/mol. The van der Waals surface area contributed by atoms with Crippen molar-refractivity contribution >= 4 is 11.6 Å². The number of aryl methyl sites for hydroxylation is 1. The minimum atomic E-state index is -0.161. The Kier molecular flexibility index (Phi) is 4.07. The molecule has 0 aliphatic rings. The summed E-state index contributed by atoms with van der Waals surface area (Å²) in [6, 6.07) is 17.4. The molecule has 3 rings (SSSR count). The standard InChI is InChI=1S/C18H15ClN2O/c1-12-2-6-14(7-3-12)17-11-15(18(22)21-20-17)10-13-4-8-16(19)9-5-13/h2-9,11H,10H2,1H3,(H,21,22). The Morgan fingerprint density at radius 3 is 2.41 bits per heavy atom. The van der Waals surface area contributed by atoms with E-state index in [0.717, 1.165) is 16.8 Å². The van der Waals surface area contributed by atoms with Gasteiger partial charge in [-0.2, -0.15) is 5.10 Å². The molecule has 0 spiro atoms. The molecular formula is C18H15ClN2O. The van der Waals surface area contributed by atoms with Gasteiger partial charge in [-0.05, 0) is 30.7 Å². The highest BCUT2D eigenvalue weighted by Gasteiger charge is 2.06.